The first-order valence-corrected chi connectivity index (χ1v) is 7.74. The summed E-state index contributed by atoms with van der Waals surface area (Å²) in [7, 11) is 0. The molecule has 2 N–H and O–H groups in total. The maximum Gasteiger partial charge on any atom is 0.222 e. The van der Waals surface area contributed by atoms with Gasteiger partial charge in [-0.2, -0.15) is 0 Å². The fraction of sp³-hybridized carbons (Fsp3) is 0.933. The van der Waals surface area contributed by atoms with Gasteiger partial charge in [-0.1, -0.05) is 32.6 Å². The van der Waals surface area contributed by atoms with Gasteiger partial charge < -0.3 is 10.6 Å². The summed E-state index contributed by atoms with van der Waals surface area (Å²) in [4.78, 5) is 12.0. The van der Waals surface area contributed by atoms with Crippen LogP contribution in [0, 0.1) is 17.8 Å². The van der Waals surface area contributed by atoms with Gasteiger partial charge in [-0.15, -0.1) is 12.4 Å². The maximum absolute atomic E-state index is 12.0. The lowest BCUT2D eigenvalue weighted by Crippen LogP contribution is -2.32. The SMILES string of the molecule is CC(CC1CCCC1)C(=O)NCCC1CCNC1.Cl. The molecule has 112 valence electrons. The largest absolute Gasteiger partial charge is 0.356 e. The van der Waals surface area contributed by atoms with E-state index >= 15 is 0 Å². The van der Waals surface area contributed by atoms with E-state index in [9.17, 15) is 4.79 Å². The van der Waals surface area contributed by atoms with Crippen LogP contribution in [0.15, 0.2) is 0 Å². The van der Waals surface area contributed by atoms with Crippen molar-refractivity contribution < 1.29 is 4.79 Å². The summed E-state index contributed by atoms with van der Waals surface area (Å²) in [5.41, 5.74) is 0. The van der Waals surface area contributed by atoms with E-state index in [0.29, 0.717) is 0 Å². The van der Waals surface area contributed by atoms with Crippen molar-refractivity contribution in [2.24, 2.45) is 17.8 Å². The van der Waals surface area contributed by atoms with Gasteiger partial charge in [0.1, 0.15) is 0 Å². The van der Waals surface area contributed by atoms with Crippen LogP contribution in [0.4, 0.5) is 0 Å². The fourth-order valence-corrected chi connectivity index (χ4v) is 3.39. The lowest BCUT2D eigenvalue weighted by Gasteiger charge is -2.16. The molecular weight excluding hydrogens is 260 g/mol. The number of nitrogens with one attached hydrogen (secondary N) is 2. The van der Waals surface area contributed by atoms with Gasteiger partial charge in [0.2, 0.25) is 5.91 Å². The molecule has 4 heteroatoms. The summed E-state index contributed by atoms with van der Waals surface area (Å²) < 4.78 is 0. The molecule has 0 aromatic carbocycles. The zero-order chi connectivity index (χ0) is 12.8. The van der Waals surface area contributed by atoms with Crippen molar-refractivity contribution in [1.82, 2.24) is 10.6 Å². The highest BCUT2D eigenvalue weighted by molar-refractivity contribution is 5.85. The maximum atomic E-state index is 12.0. The van der Waals surface area contributed by atoms with E-state index < -0.39 is 0 Å². The van der Waals surface area contributed by atoms with E-state index in [1.54, 1.807) is 0 Å². The molecule has 1 aliphatic heterocycles. The molecule has 2 unspecified atom stereocenters. The van der Waals surface area contributed by atoms with Crippen molar-refractivity contribution in [3.63, 3.8) is 0 Å². The fourth-order valence-electron chi connectivity index (χ4n) is 3.39. The summed E-state index contributed by atoms with van der Waals surface area (Å²) in [6, 6.07) is 0. The molecule has 3 nitrogen and oxygen atoms in total. The molecule has 1 heterocycles. The van der Waals surface area contributed by atoms with Gasteiger partial charge in [-0.05, 0) is 44.2 Å². The van der Waals surface area contributed by atoms with Gasteiger partial charge in [-0.25, -0.2) is 0 Å². The van der Waals surface area contributed by atoms with Crippen molar-refractivity contribution >= 4 is 18.3 Å². The molecule has 2 atom stereocenters. The van der Waals surface area contributed by atoms with Crippen molar-refractivity contribution in [1.29, 1.82) is 0 Å². The highest BCUT2D eigenvalue weighted by Crippen LogP contribution is 2.30. The summed E-state index contributed by atoms with van der Waals surface area (Å²) >= 11 is 0. The Balaban J connectivity index is 0.00000180. The highest BCUT2D eigenvalue weighted by atomic mass is 35.5. The summed E-state index contributed by atoms with van der Waals surface area (Å²) in [5.74, 6) is 2.06. The van der Waals surface area contributed by atoms with Crippen molar-refractivity contribution in [2.45, 2.75) is 51.9 Å². The smallest absolute Gasteiger partial charge is 0.222 e. The molecule has 1 amide bonds. The van der Waals surface area contributed by atoms with E-state index in [1.165, 1.54) is 32.1 Å². The van der Waals surface area contributed by atoms with E-state index in [0.717, 1.165) is 44.3 Å². The van der Waals surface area contributed by atoms with E-state index in [-0.39, 0.29) is 24.2 Å². The molecule has 0 bridgehead atoms. The number of rotatable bonds is 6. The van der Waals surface area contributed by atoms with Crippen molar-refractivity contribution in [2.75, 3.05) is 19.6 Å². The second-order valence-electron chi connectivity index (χ2n) is 6.23. The van der Waals surface area contributed by atoms with Crippen molar-refractivity contribution in [3.8, 4) is 0 Å². The van der Waals surface area contributed by atoms with Crippen LogP contribution in [0.5, 0.6) is 0 Å². The molecule has 0 aromatic rings. The molecule has 0 aromatic heterocycles. The van der Waals surface area contributed by atoms with Crippen LogP contribution in [0.1, 0.15) is 51.9 Å². The molecule has 2 fully saturated rings. The average molecular weight is 289 g/mol. The Morgan fingerprint density at radius 2 is 2.00 bits per heavy atom. The third-order valence-corrected chi connectivity index (χ3v) is 4.62. The van der Waals surface area contributed by atoms with Gasteiger partial charge in [0.25, 0.3) is 0 Å². The third kappa shape index (κ3) is 5.70. The minimum absolute atomic E-state index is 0. The number of hydrogen-bond acceptors (Lipinski definition) is 2. The molecule has 2 rings (SSSR count). The number of carbonyl (C=O) groups is 1. The zero-order valence-electron chi connectivity index (χ0n) is 12.1. The van der Waals surface area contributed by atoms with Crippen LogP contribution < -0.4 is 10.6 Å². The lowest BCUT2D eigenvalue weighted by atomic mass is 9.94. The Bertz CT molecular complexity index is 261. The van der Waals surface area contributed by atoms with E-state index in [2.05, 4.69) is 17.6 Å². The number of halogens is 1. The molecule has 1 saturated heterocycles. The second kappa shape index (κ2) is 8.80. The molecule has 1 saturated carbocycles. The summed E-state index contributed by atoms with van der Waals surface area (Å²) in [6.07, 6.45) is 8.91. The van der Waals surface area contributed by atoms with Gasteiger partial charge in [0.05, 0.1) is 0 Å². The first-order chi connectivity index (χ1) is 8.75. The monoisotopic (exact) mass is 288 g/mol. The van der Waals surface area contributed by atoms with Crippen LogP contribution in [-0.4, -0.2) is 25.5 Å². The predicted octanol–water partition coefficient (Wildman–Crippen LogP) is 2.74. The molecule has 2 aliphatic rings. The quantitative estimate of drug-likeness (QED) is 0.789. The van der Waals surface area contributed by atoms with Crippen LogP contribution in [0.25, 0.3) is 0 Å². The first-order valence-electron chi connectivity index (χ1n) is 7.74. The first kappa shape index (κ1) is 16.8. The van der Waals surface area contributed by atoms with E-state index in [1.807, 2.05) is 0 Å². The molecule has 0 spiro atoms. The Morgan fingerprint density at radius 3 is 2.63 bits per heavy atom. The average Bonchev–Trinajstić information content (AvgIpc) is 3.01. The zero-order valence-corrected chi connectivity index (χ0v) is 12.9. The van der Waals surface area contributed by atoms with Gasteiger partial charge >= 0.3 is 0 Å². The standard InChI is InChI=1S/C15H28N2O.ClH/c1-12(10-13-4-2-3-5-13)15(18)17-9-7-14-6-8-16-11-14;/h12-14,16H,2-11H2,1H3,(H,17,18);1H. The van der Waals surface area contributed by atoms with Gasteiger partial charge in [0, 0.05) is 12.5 Å². The van der Waals surface area contributed by atoms with Gasteiger partial charge in [0.15, 0.2) is 0 Å². The Labute approximate surface area is 123 Å². The Hall–Kier alpha value is -0.280. The van der Waals surface area contributed by atoms with Crippen LogP contribution in [-0.2, 0) is 4.79 Å². The number of carbonyl (C=O) groups excluding carboxylic acids is 1. The Kier molecular flexibility index (Phi) is 7.77. The molecule has 1 aliphatic carbocycles. The molecule has 0 radical (unpaired) electrons. The number of amides is 1. The van der Waals surface area contributed by atoms with Crippen LogP contribution in [0.2, 0.25) is 0 Å². The molecular formula is C15H29ClN2O. The lowest BCUT2D eigenvalue weighted by molar-refractivity contribution is -0.125. The third-order valence-electron chi connectivity index (χ3n) is 4.62. The predicted molar refractivity (Wildman–Crippen MR) is 81.6 cm³/mol. The summed E-state index contributed by atoms with van der Waals surface area (Å²) in [6.45, 7) is 5.23. The van der Waals surface area contributed by atoms with Crippen molar-refractivity contribution in [3.05, 3.63) is 0 Å². The normalized spacial score (nSPS) is 25.0. The van der Waals surface area contributed by atoms with Crippen LogP contribution in [0.3, 0.4) is 0 Å². The minimum Gasteiger partial charge on any atom is -0.356 e. The second-order valence-corrected chi connectivity index (χ2v) is 6.23. The molecule has 19 heavy (non-hydrogen) atoms. The summed E-state index contributed by atoms with van der Waals surface area (Å²) in [5, 5.41) is 6.49. The number of hydrogen-bond donors (Lipinski definition) is 2. The highest BCUT2D eigenvalue weighted by Gasteiger charge is 2.22. The minimum atomic E-state index is 0. The topological polar surface area (TPSA) is 41.1 Å². The van der Waals surface area contributed by atoms with Crippen LogP contribution >= 0.6 is 12.4 Å². The van der Waals surface area contributed by atoms with E-state index in [4.69, 9.17) is 0 Å². The van der Waals surface area contributed by atoms with Gasteiger partial charge in [-0.3, -0.25) is 4.79 Å². The Morgan fingerprint density at radius 1 is 1.26 bits per heavy atom.